The van der Waals surface area contributed by atoms with E-state index in [4.69, 9.17) is 0 Å². The molecule has 1 aromatic rings. The van der Waals surface area contributed by atoms with Crippen molar-refractivity contribution in [2.75, 3.05) is 0 Å². The second kappa shape index (κ2) is 7.64. The van der Waals surface area contributed by atoms with Gasteiger partial charge in [-0.25, -0.2) is 8.78 Å². The van der Waals surface area contributed by atoms with E-state index in [0.29, 0.717) is 4.90 Å². The number of halogens is 2. The summed E-state index contributed by atoms with van der Waals surface area (Å²) in [5.41, 5.74) is 1.94. The first-order valence-corrected chi connectivity index (χ1v) is 7.61. The summed E-state index contributed by atoms with van der Waals surface area (Å²) in [6, 6.07) is 6.86. The molecule has 20 heavy (non-hydrogen) atoms. The predicted molar refractivity (Wildman–Crippen MR) is 77.4 cm³/mol. The van der Waals surface area contributed by atoms with Gasteiger partial charge in [-0.3, -0.25) is 4.21 Å². The van der Waals surface area contributed by atoms with Gasteiger partial charge in [0.1, 0.15) is 6.10 Å². The average molecular weight is 302 g/mol. The molecule has 112 valence electrons. The predicted octanol–water partition coefficient (Wildman–Crippen LogP) is 3.45. The van der Waals surface area contributed by atoms with Crippen LogP contribution < -0.4 is 0 Å². The van der Waals surface area contributed by atoms with Crippen LogP contribution in [0.25, 0.3) is 0 Å². The lowest BCUT2D eigenvalue weighted by Crippen LogP contribution is -2.35. The maximum atomic E-state index is 12.7. The van der Waals surface area contributed by atoms with E-state index in [-0.39, 0.29) is 6.42 Å². The Balaban J connectivity index is 3.00. The minimum atomic E-state index is -2.90. The van der Waals surface area contributed by atoms with E-state index >= 15 is 0 Å². The van der Waals surface area contributed by atoms with E-state index < -0.39 is 28.6 Å². The van der Waals surface area contributed by atoms with Crippen LogP contribution in [0, 0.1) is 6.92 Å². The van der Waals surface area contributed by atoms with Crippen molar-refractivity contribution >= 4 is 10.8 Å². The number of alkyl halides is 2. The number of hydrogen-bond acceptors (Lipinski definition) is 2. The van der Waals surface area contributed by atoms with Gasteiger partial charge in [-0.15, -0.1) is 0 Å². The van der Waals surface area contributed by atoms with Crippen molar-refractivity contribution in [3.63, 3.8) is 0 Å². The van der Waals surface area contributed by atoms with Gasteiger partial charge < -0.3 is 5.11 Å². The molecule has 0 amide bonds. The molecular formula is C15H20F2O2S. The molecule has 0 bridgehead atoms. The largest absolute Gasteiger partial charge is 0.386 e. The lowest BCUT2D eigenvalue weighted by atomic mass is 10.1. The highest BCUT2D eigenvalue weighted by Gasteiger charge is 2.32. The minimum absolute atomic E-state index is 0.161. The fraction of sp³-hybridized carbons (Fsp3) is 0.467. The smallest absolute Gasteiger partial charge is 0.265 e. The summed E-state index contributed by atoms with van der Waals surface area (Å²) in [6.45, 7) is 5.56. The quantitative estimate of drug-likeness (QED) is 0.817. The van der Waals surface area contributed by atoms with Crippen LogP contribution in [0.1, 0.15) is 25.8 Å². The third kappa shape index (κ3) is 4.80. The number of aryl methyl sites for hydroxylation is 1. The Morgan fingerprint density at radius 2 is 1.85 bits per heavy atom. The van der Waals surface area contributed by atoms with Crippen LogP contribution in [0.5, 0.6) is 0 Å². The molecule has 1 unspecified atom stereocenters. The molecule has 0 saturated heterocycles. The number of aliphatic hydroxyl groups excluding tert-OH is 1. The summed E-state index contributed by atoms with van der Waals surface area (Å²) in [7, 11) is -1.67. The van der Waals surface area contributed by atoms with Gasteiger partial charge in [-0.2, -0.15) is 0 Å². The molecule has 0 aliphatic heterocycles. The van der Waals surface area contributed by atoms with Gasteiger partial charge in [0.15, 0.2) is 0 Å². The third-order valence-electron chi connectivity index (χ3n) is 2.93. The zero-order valence-electron chi connectivity index (χ0n) is 11.8. The lowest BCUT2D eigenvalue weighted by molar-refractivity contribution is -0.00535. The van der Waals surface area contributed by atoms with Crippen molar-refractivity contribution < 1.29 is 18.1 Å². The SMILES string of the molecule is CC(C)=CC[C@@H]([C@H](O)C(F)F)S(=O)c1ccc(C)cc1. The van der Waals surface area contributed by atoms with Gasteiger partial charge in [0.25, 0.3) is 6.43 Å². The second-order valence-electron chi connectivity index (χ2n) is 4.99. The normalized spacial score (nSPS) is 15.8. The summed E-state index contributed by atoms with van der Waals surface area (Å²) in [4.78, 5) is 0.461. The van der Waals surface area contributed by atoms with Gasteiger partial charge in [0, 0.05) is 4.90 Å². The molecule has 0 radical (unpaired) electrons. The Kier molecular flexibility index (Phi) is 6.49. The fourth-order valence-electron chi connectivity index (χ4n) is 1.71. The molecule has 1 N–H and O–H groups in total. The van der Waals surface area contributed by atoms with Gasteiger partial charge in [-0.05, 0) is 39.3 Å². The molecule has 0 spiro atoms. The maximum Gasteiger partial charge on any atom is 0.265 e. The fourth-order valence-corrected chi connectivity index (χ4v) is 3.11. The molecule has 1 rings (SSSR count). The van der Waals surface area contributed by atoms with Crippen molar-refractivity contribution in [2.45, 2.75) is 49.9 Å². The van der Waals surface area contributed by atoms with Gasteiger partial charge in [0.2, 0.25) is 0 Å². The summed E-state index contributed by atoms with van der Waals surface area (Å²) in [6.07, 6.45) is -2.91. The molecule has 5 heteroatoms. The van der Waals surface area contributed by atoms with E-state index in [1.807, 2.05) is 20.8 Å². The van der Waals surface area contributed by atoms with Crippen molar-refractivity contribution in [3.8, 4) is 0 Å². The molecular weight excluding hydrogens is 282 g/mol. The number of rotatable bonds is 6. The van der Waals surface area contributed by atoms with E-state index in [1.165, 1.54) is 0 Å². The van der Waals surface area contributed by atoms with Crippen molar-refractivity contribution in [1.82, 2.24) is 0 Å². The number of benzene rings is 1. The van der Waals surface area contributed by atoms with Gasteiger partial charge in [-0.1, -0.05) is 29.3 Å². The first-order valence-electron chi connectivity index (χ1n) is 6.39. The third-order valence-corrected chi connectivity index (χ3v) is 4.68. The van der Waals surface area contributed by atoms with Crippen LogP contribution in [0.3, 0.4) is 0 Å². The molecule has 0 saturated carbocycles. The molecule has 0 aliphatic carbocycles. The number of hydrogen-bond donors (Lipinski definition) is 1. The van der Waals surface area contributed by atoms with Crippen LogP contribution in [-0.2, 0) is 10.8 Å². The Hall–Kier alpha value is -1.07. The molecule has 0 heterocycles. The molecule has 0 aromatic heterocycles. The second-order valence-corrected chi connectivity index (χ2v) is 6.66. The van der Waals surface area contributed by atoms with Crippen molar-refractivity contribution in [1.29, 1.82) is 0 Å². The highest BCUT2D eigenvalue weighted by molar-refractivity contribution is 7.85. The Labute approximate surface area is 121 Å². The standard InChI is InChI=1S/C15H20F2O2S/c1-10(2)4-9-13(14(18)15(16)17)20(19)12-7-5-11(3)6-8-12/h4-8,13-15,18H,9H2,1-3H3/t13-,14-,20?/m0/s1. The highest BCUT2D eigenvalue weighted by atomic mass is 32.2. The first kappa shape index (κ1) is 17.0. The Morgan fingerprint density at radius 1 is 1.30 bits per heavy atom. The highest BCUT2D eigenvalue weighted by Crippen LogP contribution is 2.22. The summed E-state index contributed by atoms with van der Waals surface area (Å²) < 4.78 is 37.9. The zero-order chi connectivity index (χ0) is 15.3. The molecule has 0 fully saturated rings. The zero-order valence-corrected chi connectivity index (χ0v) is 12.7. The Bertz CT molecular complexity index is 479. The topological polar surface area (TPSA) is 37.3 Å². The number of aliphatic hydroxyl groups is 1. The molecule has 2 nitrogen and oxygen atoms in total. The molecule has 0 aliphatic rings. The van der Waals surface area contributed by atoms with Crippen LogP contribution in [0.15, 0.2) is 40.8 Å². The lowest BCUT2D eigenvalue weighted by Gasteiger charge is -2.21. The molecule has 1 aromatic carbocycles. The minimum Gasteiger partial charge on any atom is -0.386 e. The first-order chi connectivity index (χ1) is 9.32. The van der Waals surface area contributed by atoms with Crippen LogP contribution in [0.2, 0.25) is 0 Å². The summed E-state index contributed by atoms with van der Waals surface area (Å²) in [5, 5.41) is 8.61. The maximum absolute atomic E-state index is 12.7. The average Bonchev–Trinajstić information content (AvgIpc) is 2.38. The van der Waals surface area contributed by atoms with Crippen LogP contribution in [0.4, 0.5) is 8.78 Å². The summed E-state index contributed by atoms with van der Waals surface area (Å²) >= 11 is 0. The van der Waals surface area contributed by atoms with E-state index in [1.54, 1.807) is 30.3 Å². The van der Waals surface area contributed by atoms with Gasteiger partial charge in [0.05, 0.1) is 16.0 Å². The molecule has 3 atom stereocenters. The number of allylic oxidation sites excluding steroid dienone is 2. The van der Waals surface area contributed by atoms with Crippen molar-refractivity contribution in [3.05, 3.63) is 41.5 Å². The summed E-state index contributed by atoms with van der Waals surface area (Å²) in [5.74, 6) is 0. The van der Waals surface area contributed by atoms with Crippen molar-refractivity contribution in [2.24, 2.45) is 0 Å². The van der Waals surface area contributed by atoms with E-state index in [2.05, 4.69) is 0 Å². The van der Waals surface area contributed by atoms with Gasteiger partial charge >= 0.3 is 0 Å². The van der Waals surface area contributed by atoms with E-state index in [9.17, 15) is 18.1 Å². The monoisotopic (exact) mass is 302 g/mol. The van der Waals surface area contributed by atoms with Crippen LogP contribution in [-0.4, -0.2) is 27.1 Å². The Morgan fingerprint density at radius 3 is 2.30 bits per heavy atom. The van der Waals surface area contributed by atoms with Crippen LogP contribution >= 0.6 is 0 Å². The van der Waals surface area contributed by atoms with E-state index in [0.717, 1.165) is 11.1 Å².